The molecule has 0 aliphatic heterocycles. The summed E-state index contributed by atoms with van der Waals surface area (Å²) in [7, 11) is -8.82. The summed E-state index contributed by atoms with van der Waals surface area (Å²) < 4.78 is 58.4. The van der Waals surface area contributed by atoms with Crippen LogP contribution in [0.15, 0.2) is 60.7 Å². The van der Waals surface area contributed by atoms with E-state index in [9.17, 15) is 16.8 Å². The molecule has 0 radical (unpaired) electrons. The van der Waals surface area contributed by atoms with Crippen LogP contribution in [0.4, 0.5) is 0 Å². The zero-order valence-electron chi connectivity index (χ0n) is 14.5. The average Bonchev–Trinajstić information content (AvgIpc) is 2.54. The molecule has 0 fully saturated rings. The van der Waals surface area contributed by atoms with Crippen LogP contribution in [0.5, 0.6) is 0 Å². The molecule has 146 valence electrons. The van der Waals surface area contributed by atoms with Gasteiger partial charge in [0.25, 0.3) is 19.5 Å². The molecule has 2 N–H and O–H groups in total. The molecule has 0 saturated carbocycles. The van der Waals surface area contributed by atoms with Gasteiger partial charge >= 0.3 is 0 Å². The summed E-state index contributed by atoms with van der Waals surface area (Å²) in [6, 6.07) is 17.1. The van der Waals surface area contributed by atoms with Crippen LogP contribution in [0.2, 0.25) is 0 Å². The highest BCUT2D eigenvalue weighted by molar-refractivity contribution is 8.43. The Hall–Kier alpha value is -0.880. The van der Waals surface area contributed by atoms with Gasteiger partial charge in [0.05, 0.1) is 15.6 Å². The molecule has 0 aliphatic carbocycles. The van der Waals surface area contributed by atoms with Gasteiger partial charge in [-0.05, 0) is 10.6 Å². The lowest BCUT2D eigenvalue weighted by Crippen LogP contribution is -1.98. The van der Waals surface area contributed by atoms with E-state index in [1.165, 1.54) is 12.8 Å². The maximum absolute atomic E-state index is 10.4. The molecule has 26 heavy (non-hydrogen) atoms. The van der Waals surface area contributed by atoms with E-state index in [0.717, 1.165) is 0 Å². The minimum Gasteiger partial charge on any atom is -0.283 e. The van der Waals surface area contributed by atoms with Crippen molar-refractivity contribution in [2.24, 2.45) is 0 Å². The van der Waals surface area contributed by atoms with Crippen molar-refractivity contribution >= 4 is 45.7 Å². The summed E-state index contributed by atoms with van der Waals surface area (Å²) in [6.07, 6.45) is 2.64. The zero-order chi connectivity index (χ0) is 20.1. The highest BCUT2D eigenvalue weighted by atomic mass is 32.8. The third-order valence-electron chi connectivity index (χ3n) is 2.54. The van der Waals surface area contributed by atoms with Gasteiger partial charge in [-0.1, -0.05) is 87.4 Å². The molecular weight excluding hydrogens is 414 g/mol. The number of benzene rings is 2. The second-order valence-corrected chi connectivity index (χ2v) is 12.7. The Balaban J connectivity index is 0.000000401. The van der Waals surface area contributed by atoms with Crippen molar-refractivity contribution in [3.63, 3.8) is 0 Å². The summed E-state index contributed by atoms with van der Waals surface area (Å²) in [4.78, 5) is 0. The molecule has 2 atom stereocenters. The summed E-state index contributed by atoms with van der Waals surface area (Å²) in [5.74, 6) is 0. The molecule has 6 nitrogen and oxygen atoms in total. The van der Waals surface area contributed by atoms with Crippen molar-refractivity contribution in [3.8, 4) is 0 Å². The molecule has 0 spiro atoms. The number of rotatable bonds is 5. The molecule has 0 saturated heterocycles. The number of hydrogen-bond acceptors (Lipinski definition) is 4. The lowest BCUT2D eigenvalue weighted by molar-refractivity contribution is 0.500. The van der Waals surface area contributed by atoms with Gasteiger partial charge in [-0.25, -0.2) is 0 Å². The average molecular weight is 438 g/mol. The van der Waals surface area contributed by atoms with E-state index in [4.69, 9.17) is 9.11 Å². The van der Waals surface area contributed by atoms with Gasteiger partial charge in [-0.3, -0.25) is 9.11 Å². The highest BCUT2D eigenvalue weighted by Crippen LogP contribution is 2.17. The van der Waals surface area contributed by atoms with Crippen LogP contribution in [0, 0.1) is 0 Å². The SMILES string of the molecule is CCCC.O=S(=O)(O)Pc1ccccc1.O=S(=O)(O)Pc1ccccc1. The first-order valence-corrected chi connectivity index (χ1v) is 14.0. The predicted molar refractivity (Wildman–Crippen MR) is 112 cm³/mol. The van der Waals surface area contributed by atoms with Crippen LogP contribution in [-0.2, 0) is 19.5 Å². The third kappa shape index (κ3) is 16.6. The third-order valence-corrected chi connectivity index (χ3v) is 7.16. The molecule has 0 bridgehead atoms. The second-order valence-electron chi connectivity index (χ2n) is 4.89. The minimum absolute atomic E-state index is 0.558. The monoisotopic (exact) mass is 438 g/mol. The van der Waals surface area contributed by atoms with E-state index >= 15 is 0 Å². The van der Waals surface area contributed by atoms with E-state index < -0.39 is 35.0 Å². The quantitative estimate of drug-likeness (QED) is 0.547. The summed E-state index contributed by atoms with van der Waals surface area (Å²) in [5, 5.41) is 1.24. The zero-order valence-corrected chi connectivity index (χ0v) is 18.2. The Kier molecular flexibility index (Phi) is 12.9. The molecule has 2 rings (SSSR count). The van der Waals surface area contributed by atoms with Gasteiger partial charge in [0.2, 0.25) is 0 Å². The molecule has 0 aliphatic rings. The molecule has 0 heterocycles. The Morgan fingerprint density at radius 3 is 1.12 bits per heavy atom. The first-order valence-electron chi connectivity index (χ1n) is 7.68. The fraction of sp³-hybridized carbons (Fsp3) is 0.250. The lowest BCUT2D eigenvalue weighted by Gasteiger charge is -1.95. The summed E-state index contributed by atoms with van der Waals surface area (Å²) >= 11 is 0. The van der Waals surface area contributed by atoms with Gasteiger partial charge in [0.15, 0.2) is 0 Å². The smallest absolute Gasteiger partial charge is 0.282 e. The molecule has 0 aromatic heterocycles. The maximum atomic E-state index is 10.4. The highest BCUT2D eigenvalue weighted by Gasteiger charge is 2.05. The Bertz CT molecular complexity index is 739. The van der Waals surface area contributed by atoms with Crippen LogP contribution < -0.4 is 10.6 Å². The molecule has 2 aromatic rings. The van der Waals surface area contributed by atoms with Gasteiger partial charge < -0.3 is 0 Å². The first kappa shape index (κ1) is 25.1. The van der Waals surface area contributed by atoms with Crippen molar-refractivity contribution in [2.75, 3.05) is 0 Å². The summed E-state index contributed by atoms with van der Waals surface area (Å²) in [5.41, 5.74) is 0. The van der Waals surface area contributed by atoms with Gasteiger partial charge in [0.1, 0.15) is 0 Å². The topological polar surface area (TPSA) is 109 Å². The van der Waals surface area contributed by atoms with Crippen molar-refractivity contribution in [1.29, 1.82) is 0 Å². The van der Waals surface area contributed by atoms with Crippen molar-refractivity contribution in [3.05, 3.63) is 60.7 Å². The van der Waals surface area contributed by atoms with Crippen LogP contribution in [0.3, 0.4) is 0 Å². The van der Waals surface area contributed by atoms with E-state index in [-0.39, 0.29) is 0 Å². The Morgan fingerprint density at radius 1 is 0.654 bits per heavy atom. The molecule has 2 aromatic carbocycles. The largest absolute Gasteiger partial charge is 0.283 e. The standard InChI is InChI=1S/2C6H7O3PS.C4H10/c2*7-11(8,9)10-6-4-2-1-3-5-6;1-3-4-2/h2*1-5,10H,(H,7,8,9);3-4H2,1-2H3. The number of unbranched alkanes of at least 4 members (excludes halogenated alkanes) is 1. The van der Waals surface area contributed by atoms with Crippen LogP contribution in [0.25, 0.3) is 0 Å². The predicted octanol–water partition coefficient (Wildman–Crippen LogP) is 3.39. The fourth-order valence-electron chi connectivity index (χ4n) is 1.31. The Morgan fingerprint density at radius 2 is 0.923 bits per heavy atom. The minimum atomic E-state index is -3.85. The molecule has 10 heteroatoms. The van der Waals surface area contributed by atoms with Gasteiger partial charge in [-0.15, -0.1) is 0 Å². The molecular formula is C16H24O6P2S2. The van der Waals surface area contributed by atoms with Crippen LogP contribution in [-0.4, -0.2) is 25.9 Å². The normalized spacial score (nSPS) is 11.7. The van der Waals surface area contributed by atoms with Crippen LogP contribution in [0.1, 0.15) is 26.7 Å². The van der Waals surface area contributed by atoms with Gasteiger partial charge in [0, 0.05) is 0 Å². The fourth-order valence-corrected chi connectivity index (χ4v) is 5.17. The van der Waals surface area contributed by atoms with E-state index in [1.54, 1.807) is 60.7 Å². The maximum Gasteiger partial charge on any atom is 0.282 e. The van der Waals surface area contributed by atoms with E-state index in [2.05, 4.69) is 13.8 Å². The summed E-state index contributed by atoms with van der Waals surface area (Å²) in [6.45, 7) is 4.36. The second kappa shape index (κ2) is 13.3. The van der Waals surface area contributed by atoms with Crippen molar-refractivity contribution < 1.29 is 25.9 Å². The van der Waals surface area contributed by atoms with E-state index in [0.29, 0.717) is 10.6 Å². The molecule has 2 unspecified atom stereocenters. The van der Waals surface area contributed by atoms with Crippen molar-refractivity contribution in [1.82, 2.24) is 0 Å². The Labute approximate surface area is 159 Å². The van der Waals surface area contributed by atoms with Gasteiger partial charge in [-0.2, -0.15) is 16.8 Å². The first-order chi connectivity index (χ1) is 12.1. The molecule has 0 amide bonds. The van der Waals surface area contributed by atoms with E-state index in [1.807, 2.05) is 0 Å². The van der Waals surface area contributed by atoms with Crippen molar-refractivity contribution in [2.45, 2.75) is 26.7 Å². The lowest BCUT2D eigenvalue weighted by atomic mass is 10.4. The number of hydrogen-bond donors (Lipinski definition) is 2. The van der Waals surface area contributed by atoms with Crippen LogP contribution >= 0.6 is 15.6 Å².